The Bertz CT molecular complexity index is 606. The van der Waals surface area contributed by atoms with Gasteiger partial charge in [-0.25, -0.2) is 4.98 Å². The molecule has 0 spiro atoms. The van der Waals surface area contributed by atoms with E-state index >= 15 is 0 Å². The van der Waals surface area contributed by atoms with Crippen LogP contribution in [-0.2, 0) is 0 Å². The van der Waals surface area contributed by atoms with E-state index in [-0.39, 0.29) is 0 Å². The number of rotatable bonds is 4. The van der Waals surface area contributed by atoms with Crippen molar-refractivity contribution >= 4 is 5.82 Å². The smallest absolute Gasteiger partial charge is 0.183 e. The quantitative estimate of drug-likeness (QED) is 0.934. The van der Waals surface area contributed by atoms with Gasteiger partial charge in [0, 0.05) is 11.6 Å². The third kappa shape index (κ3) is 3.12. The minimum absolute atomic E-state index is 0.518. The molecule has 0 atom stereocenters. The molecule has 0 aliphatic heterocycles. The molecular formula is C16H20N4O. The second-order valence-corrected chi connectivity index (χ2v) is 5.42. The monoisotopic (exact) mass is 284 g/mol. The van der Waals surface area contributed by atoms with Gasteiger partial charge in [0.25, 0.3) is 0 Å². The molecule has 0 unspecified atom stereocenters. The van der Waals surface area contributed by atoms with E-state index in [1.54, 1.807) is 7.11 Å². The predicted molar refractivity (Wildman–Crippen MR) is 82.4 cm³/mol. The van der Waals surface area contributed by atoms with Gasteiger partial charge in [-0.05, 0) is 44.0 Å². The van der Waals surface area contributed by atoms with Crippen LogP contribution in [0.4, 0.5) is 5.82 Å². The highest BCUT2D eigenvalue weighted by Crippen LogP contribution is 2.24. The molecule has 0 saturated heterocycles. The summed E-state index contributed by atoms with van der Waals surface area (Å²) in [5, 5.41) is 11.9. The zero-order valence-corrected chi connectivity index (χ0v) is 12.5. The summed E-state index contributed by atoms with van der Waals surface area (Å²) in [4.78, 5) is 4.64. The van der Waals surface area contributed by atoms with E-state index in [9.17, 15) is 0 Å². The van der Waals surface area contributed by atoms with Gasteiger partial charge in [-0.2, -0.15) is 0 Å². The van der Waals surface area contributed by atoms with Gasteiger partial charge in [0.2, 0.25) is 0 Å². The molecule has 1 aromatic heterocycles. The average Bonchev–Trinajstić information content (AvgIpc) is 3.03. The summed E-state index contributed by atoms with van der Waals surface area (Å²) in [6.07, 6.45) is 5.00. The fraction of sp³-hybridized carbons (Fsp3) is 0.438. The molecule has 1 fully saturated rings. The summed E-state index contributed by atoms with van der Waals surface area (Å²) in [6, 6.07) is 8.23. The molecule has 1 aromatic carbocycles. The van der Waals surface area contributed by atoms with Gasteiger partial charge < -0.3 is 10.1 Å². The summed E-state index contributed by atoms with van der Waals surface area (Å²) < 4.78 is 5.17. The van der Waals surface area contributed by atoms with Crippen molar-refractivity contribution in [1.82, 2.24) is 15.2 Å². The Balaban J connectivity index is 1.84. The van der Waals surface area contributed by atoms with Gasteiger partial charge >= 0.3 is 0 Å². The molecule has 5 heteroatoms. The minimum atomic E-state index is 0.518. The lowest BCUT2D eigenvalue weighted by Crippen LogP contribution is -2.17. The third-order valence-corrected chi connectivity index (χ3v) is 3.90. The summed E-state index contributed by atoms with van der Waals surface area (Å²) in [7, 11) is 1.66. The van der Waals surface area contributed by atoms with Gasteiger partial charge in [0.05, 0.1) is 7.11 Å². The zero-order valence-electron chi connectivity index (χ0n) is 12.5. The average molecular weight is 284 g/mol. The molecule has 2 aromatic rings. The van der Waals surface area contributed by atoms with Crippen molar-refractivity contribution in [2.24, 2.45) is 0 Å². The van der Waals surface area contributed by atoms with Crippen LogP contribution >= 0.6 is 0 Å². The first-order valence-corrected chi connectivity index (χ1v) is 7.38. The summed E-state index contributed by atoms with van der Waals surface area (Å²) >= 11 is 0. The standard InChI is InChI=1S/C16H20N4O/c1-11-15(17-13-5-3-4-6-13)18-16(20-19-11)12-7-9-14(21-2)10-8-12/h7-10,13H,3-6H2,1-2H3,(H,17,18,20). The van der Waals surface area contributed by atoms with E-state index in [0.717, 1.165) is 22.8 Å². The Morgan fingerprint density at radius 1 is 1.10 bits per heavy atom. The largest absolute Gasteiger partial charge is 0.497 e. The molecule has 0 radical (unpaired) electrons. The second-order valence-electron chi connectivity index (χ2n) is 5.42. The fourth-order valence-corrected chi connectivity index (χ4v) is 2.64. The highest BCUT2D eigenvalue weighted by Gasteiger charge is 2.17. The summed E-state index contributed by atoms with van der Waals surface area (Å²) in [6.45, 7) is 1.94. The van der Waals surface area contributed by atoms with Gasteiger partial charge in [0.1, 0.15) is 11.4 Å². The fourth-order valence-electron chi connectivity index (χ4n) is 2.64. The number of methoxy groups -OCH3 is 1. The van der Waals surface area contributed by atoms with Crippen LogP contribution in [0.2, 0.25) is 0 Å². The molecular weight excluding hydrogens is 264 g/mol. The molecule has 1 heterocycles. The van der Waals surface area contributed by atoms with Gasteiger partial charge in [-0.3, -0.25) is 0 Å². The highest BCUT2D eigenvalue weighted by molar-refractivity contribution is 5.58. The Kier molecular flexibility index (Phi) is 3.99. The topological polar surface area (TPSA) is 59.9 Å². The number of ether oxygens (including phenoxy) is 1. The molecule has 0 bridgehead atoms. The van der Waals surface area contributed by atoms with Gasteiger partial charge in [-0.15, -0.1) is 10.2 Å². The van der Waals surface area contributed by atoms with Crippen LogP contribution in [-0.4, -0.2) is 28.3 Å². The van der Waals surface area contributed by atoms with E-state index < -0.39 is 0 Å². The van der Waals surface area contributed by atoms with Crippen LogP contribution in [0.5, 0.6) is 5.75 Å². The molecule has 21 heavy (non-hydrogen) atoms. The van der Waals surface area contributed by atoms with E-state index in [1.165, 1.54) is 25.7 Å². The van der Waals surface area contributed by atoms with E-state index in [0.29, 0.717) is 11.9 Å². The van der Waals surface area contributed by atoms with Crippen molar-refractivity contribution in [3.63, 3.8) is 0 Å². The number of aryl methyl sites for hydroxylation is 1. The van der Waals surface area contributed by atoms with Crippen molar-refractivity contribution < 1.29 is 4.74 Å². The maximum atomic E-state index is 5.17. The lowest BCUT2D eigenvalue weighted by atomic mass is 10.2. The summed E-state index contributed by atoms with van der Waals surface area (Å²) in [5.74, 6) is 2.31. The van der Waals surface area contributed by atoms with Crippen molar-refractivity contribution in [2.75, 3.05) is 12.4 Å². The van der Waals surface area contributed by atoms with Crippen LogP contribution in [0.3, 0.4) is 0 Å². The highest BCUT2D eigenvalue weighted by atomic mass is 16.5. The van der Waals surface area contributed by atoms with Crippen LogP contribution < -0.4 is 10.1 Å². The number of anilines is 1. The first-order chi connectivity index (χ1) is 10.3. The van der Waals surface area contributed by atoms with Gasteiger partial charge in [0.15, 0.2) is 11.6 Å². The van der Waals surface area contributed by atoms with E-state index in [4.69, 9.17) is 4.74 Å². The Morgan fingerprint density at radius 2 is 1.81 bits per heavy atom. The number of hydrogen-bond acceptors (Lipinski definition) is 5. The van der Waals surface area contributed by atoms with Gasteiger partial charge in [-0.1, -0.05) is 12.8 Å². The van der Waals surface area contributed by atoms with Crippen molar-refractivity contribution in [3.8, 4) is 17.1 Å². The van der Waals surface area contributed by atoms with E-state index in [2.05, 4.69) is 20.5 Å². The zero-order chi connectivity index (χ0) is 14.7. The van der Waals surface area contributed by atoms with Crippen molar-refractivity contribution in [1.29, 1.82) is 0 Å². The van der Waals surface area contributed by atoms with E-state index in [1.807, 2.05) is 31.2 Å². The first kappa shape index (κ1) is 13.8. The first-order valence-electron chi connectivity index (χ1n) is 7.38. The van der Waals surface area contributed by atoms with Crippen LogP contribution in [0.25, 0.3) is 11.4 Å². The second kappa shape index (κ2) is 6.08. The number of nitrogens with one attached hydrogen (secondary N) is 1. The molecule has 1 saturated carbocycles. The number of benzene rings is 1. The molecule has 110 valence electrons. The Hall–Kier alpha value is -2.17. The number of aromatic nitrogens is 3. The normalized spacial score (nSPS) is 15.1. The SMILES string of the molecule is COc1ccc(-c2nnc(C)c(NC3CCCC3)n2)cc1. The Labute approximate surface area is 124 Å². The van der Waals surface area contributed by atoms with Crippen molar-refractivity contribution in [2.45, 2.75) is 38.6 Å². The lowest BCUT2D eigenvalue weighted by molar-refractivity contribution is 0.415. The number of hydrogen-bond donors (Lipinski definition) is 1. The molecule has 1 aliphatic rings. The summed E-state index contributed by atoms with van der Waals surface area (Å²) in [5.41, 5.74) is 1.79. The molecule has 3 rings (SSSR count). The Morgan fingerprint density at radius 3 is 2.48 bits per heavy atom. The molecule has 0 amide bonds. The molecule has 1 aliphatic carbocycles. The number of nitrogens with zero attached hydrogens (tertiary/aromatic N) is 3. The minimum Gasteiger partial charge on any atom is -0.497 e. The van der Waals surface area contributed by atoms with Crippen LogP contribution in [0.1, 0.15) is 31.4 Å². The molecule has 1 N–H and O–H groups in total. The van der Waals surface area contributed by atoms with Crippen LogP contribution in [0, 0.1) is 6.92 Å². The predicted octanol–water partition coefficient (Wildman–Crippen LogP) is 3.21. The third-order valence-electron chi connectivity index (χ3n) is 3.90. The maximum absolute atomic E-state index is 5.17. The maximum Gasteiger partial charge on any atom is 0.183 e. The lowest BCUT2D eigenvalue weighted by Gasteiger charge is -2.14. The molecule has 5 nitrogen and oxygen atoms in total. The van der Waals surface area contributed by atoms with Crippen molar-refractivity contribution in [3.05, 3.63) is 30.0 Å². The van der Waals surface area contributed by atoms with Crippen LogP contribution in [0.15, 0.2) is 24.3 Å².